The fourth-order valence-electron chi connectivity index (χ4n) is 2.33. The minimum atomic E-state index is -4.58. The number of hydrogen-bond acceptors (Lipinski definition) is 4. The van der Waals surface area contributed by atoms with E-state index in [9.17, 15) is 32.9 Å². The molecule has 10 heteroatoms. The van der Waals surface area contributed by atoms with E-state index in [0.29, 0.717) is 5.56 Å². The number of nitrogens with one attached hydrogen (secondary N) is 1. The average Bonchev–Trinajstić information content (AvgIpc) is 2.55. The smallest absolute Gasteiger partial charge is 0.416 e. The molecule has 2 N–H and O–H groups in total. The van der Waals surface area contributed by atoms with Gasteiger partial charge in [-0.3, -0.25) is 14.9 Å². The summed E-state index contributed by atoms with van der Waals surface area (Å²) in [5.74, 6) is -2.22. The summed E-state index contributed by atoms with van der Waals surface area (Å²) in [7, 11) is 0. The van der Waals surface area contributed by atoms with Gasteiger partial charge in [-0.2, -0.15) is 13.2 Å². The number of benzene rings is 2. The van der Waals surface area contributed by atoms with E-state index < -0.39 is 46.2 Å². The number of carbonyl (C=O) groups is 2. The summed E-state index contributed by atoms with van der Waals surface area (Å²) in [4.78, 5) is 33.4. The second-order valence-corrected chi connectivity index (χ2v) is 5.66. The molecule has 0 heterocycles. The molecule has 0 spiro atoms. The lowest BCUT2D eigenvalue weighted by molar-refractivity contribution is -0.384. The second kappa shape index (κ2) is 7.44. The number of nitro groups is 1. The van der Waals surface area contributed by atoms with Crippen molar-refractivity contribution in [2.75, 3.05) is 5.32 Å². The van der Waals surface area contributed by atoms with Gasteiger partial charge in [0.25, 0.3) is 5.69 Å². The van der Waals surface area contributed by atoms with E-state index in [2.05, 4.69) is 5.32 Å². The van der Waals surface area contributed by atoms with Crippen molar-refractivity contribution in [2.45, 2.75) is 19.5 Å². The number of nitro benzene ring substituents is 1. The lowest BCUT2D eigenvalue weighted by atomic mass is 10.0. The largest absolute Gasteiger partial charge is 0.478 e. The Labute approximate surface area is 150 Å². The summed E-state index contributed by atoms with van der Waals surface area (Å²) in [5.41, 5.74) is -1.50. The Bertz CT molecular complexity index is 925. The van der Waals surface area contributed by atoms with E-state index in [1.165, 1.54) is 13.0 Å². The van der Waals surface area contributed by atoms with Crippen LogP contribution in [0.4, 0.5) is 24.5 Å². The van der Waals surface area contributed by atoms with Crippen LogP contribution in [0, 0.1) is 17.0 Å². The summed E-state index contributed by atoms with van der Waals surface area (Å²) in [6.07, 6.45) is -5.06. The van der Waals surface area contributed by atoms with Gasteiger partial charge in [0.1, 0.15) is 0 Å². The predicted molar refractivity (Wildman–Crippen MR) is 88.6 cm³/mol. The van der Waals surface area contributed by atoms with Crippen LogP contribution >= 0.6 is 0 Å². The average molecular weight is 382 g/mol. The first-order valence-corrected chi connectivity index (χ1v) is 7.47. The third-order valence-electron chi connectivity index (χ3n) is 3.72. The first-order valence-electron chi connectivity index (χ1n) is 7.47. The number of halogens is 3. The van der Waals surface area contributed by atoms with Crippen LogP contribution in [0.1, 0.15) is 27.0 Å². The SMILES string of the molecule is Cc1ccc(C(F)(F)F)cc1NC(=O)Cc1ccc([N+](=O)[O-])cc1C(=O)O. The summed E-state index contributed by atoms with van der Waals surface area (Å²) < 4.78 is 38.4. The fourth-order valence-corrected chi connectivity index (χ4v) is 2.33. The Balaban J connectivity index is 2.26. The minimum Gasteiger partial charge on any atom is -0.478 e. The molecule has 0 bridgehead atoms. The molecule has 7 nitrogen and oxygen atoms in total. The molecule has 0 atom stereocenters. The minimum absolute atomic E-state index is 0.00442. The van der Waals surface area contributed by atoms with E-state index in [1.54, 1.807) is 0 Å². The number of alkyl halides is 3. The standard InChI is InChI=1S/C17H13F3N2O5/c1-9-2-4-11(17(18,19)20)7-14(9)21-15(23)6-10-3-5-12(22(26)27)8-13(10)16(24)25/h2-5,7-8H,6H2,1H3,(H,21,23)(H,24,25). The molecule has 0 aliphatic heterocycles. The fraction of sp³-hybridized carbons (Fsp3) is 0.176. The third-order valence-corrected chi connectivity index (χ3v) is 3.72. The number of aryl methyl sites for hydroxylation is 1. The number of non-ortho nitro benzene ring substituents is 1. The molecule has 2 aromatic carbocycles. The monoisotopic (exact) mass is 382 g/mol. The molecule has 2 rings (SSSR count). The Morgan fingerprint density at radius 1 is 1.19 bits per heavy atom. The van der Waals surface area contributed by atoms with Crippen LogP contribution in [-0.2, 0) is 17.4 Å². The number of amides is 1. The van der Waals surface area contributed by atoms with E-state index in [1.807, 2.05) is 0 Å². The van der Waals surface area contributed by atoms with Crippen LogP contribution in [0.3, 0.4) is 0 Å². The highest BCUT2D eigenvalue weighted by Gasteiger charge is 2.31. The van der Waals surface area contributed by atoms with Gasteiger partial charge >= 0.3 is 12.1 Å². The molecule has 0 fully saturated rings. The van der Waals surface area contributed by atoms with Crippen molar-refractivity contribution in [2.24, 2.45) is 0 Å². The van der Waals surface area contributed by atoms with Crippen LogP contribution < -0.4 is 5.32 Å². The highest BCUT2D eigenvalue weighted by molar-refractivity contribution is 5.96. The number of aromatic carboxylic acids is 1. The Morgan fingerprint density at radius 2 is 1.85 bits per heavy atom. The molecule has 0 radical (unpaired) electrons. The third kappa shape index (κ3) is 4.81. The van der Waals surface area contributed by atoms with E-state index in [-0.39, 0.29) is 11.3 Å². The van der Waals surface area contributed by atoms with Gasteiger partial charge in [-0.1, -0.05) is 12.1 Å². The summed E-state index contributed by atoms with van der Waals surface area (Å²) >= 11 is 0. The van der Waals surface area contributed by atoms with Crippen molar-refractivity contribution in [3.05, 3.63) is 68.8 Å². The number of anilines is 1. The van der Waals surface area contributed by atoms with E-state index in [4.69, 9.17) is 5.11 Å². The maximum Gasteiger partial charge on any atom is 0.416 e. The van der Waals surface area contributed by atoms with Crippen LogP contribution in [0.5, 0.6) is 0 Å². The first kappa shape index (κ1) is 19.9. The highest BCUT2D eigenvalue weighted by Crippen LogP contribution is 2.32. The molecule has 0 aliphatic rings. The number of rotatable bonds is 5. The van der Waals surface area contributed by atoms with Gasteiger partial charge in [0.2, 0.25) is 5.91 Å². The van der Waals surface area contributed by atoms with Crippen LogP contribution in [-0.4, -0.2) is 21.9 Å². The van der Waals surface area contributed by atoms with Crippen molar-refractivity contribution in [1.29, 1.82) is 0 Å². The molecule has 2 aromatic rings. The van der Waals surface area contributed by atoms with Gasteiger partial charge in [-0.15, -0.1) is 0 Å². The molecule has 0 unspecified atom stereocenters. The molecular formula is C17H13F3N2O5. The number of carbonyl (C=O) groups excluding carboxylic acids is 1. The zero-order valence-corrected chi connectivity index (χ0v) is 13.8. The van der Waals surface area contributed by atoms with Crippen LogP contribution in [0.15, 0.2) is 36.4 Å². The quantitative estimate of drug-likeness (QED) is 0.604. The van der Waals surface area contributed by atoms with Gasteiger partial charge in [-0.25, -0.2) is 4.79 Å². The second-order valence-electron chi connectivity index (χ2n) is 5.66. The molecule has 0 saturated carbocycles. The van der Waals surface area contributed by atoms with Gasteiger partial charge < -0.3 is 10.4 Å². The maximum atomic E-state index is 12.8. The van der Waals surface area contributed by atoms with Crippen molar-refractivity contribution in [3.63, 3.8) is 0 Å². The number of carboxylic acid groups (broad SMARTS) is 1. The molecule has 1 amide bonds. The van der Waals surface area contributed by atoms with Gasteiger partial charge in [0.15, 0.2) is 0 Å². The summed E-state index contributed by atoms with van der Waals surface area (Å²) in [6, 6.07) is 5.85. The zero-order chi connectivity index (χ0) is 20.4. The normalized spacial score (nSPS) is 11.1. The van der Waals surface area contributed by atoms with Crippen LogP contribution in [0.25, 0.3) is 0 Å². The molecule has 142 valence electrons. The number of hydrogen-bond donors (Lipinski definition) is 2. The first-order chi connectivity index (χ1) is 12.5. The van der Waals surface area contributed by atoms with Crippen LogP contribution in [0.2, 0.25) is 0 Å². The molecule has 27 heavy (non-hydrogen) atoms. The number of carboxylic acids is 1. The van der Waals surface area contributed by atoms with Crippen molar-refractivity contribution < 1.29 is 32.8 Å². The Morgan fingerprint density at radius 3 is 2.41 bits per heavy atom. The molecular weight excluding hydrogens is 369 g/mol. The Kier molecular flexibility index (Phi) is 5.48. The van der Waals surface area contributed by atoms with Gasteiger partial charge in [0.05, 0.1) is 22.5 Å². The predicted octanol–water partition coefficient (Wildman–Crippen LogP) is 3.80. The summed E-state index contributed by atoms with van der Waals surface area (Å²) in [5, 5.41) is 22.2. The van der Waals surface area contributed by atoms with Crippen molar-refractivity contribution in [3.8, 4) is 0 Å². The topological polar surface area (TPSA) is 110 Å². The molecule has 0 saturated heterocycles. The van der Waals surface area contributed by atoms with Gasteiger partial charge in [-0.05, 0) is 30.2 Å². The van der Waals surface area contributed by atoms with Crippen molar-refractivity contribution in [1.82, 2.24) is 0 Å². The zero-order valence-electron chi connectivity index (χ0n) is 13.8. The molecule has 0 aliphatic carbocycles. The lowest BCUT2D eigenvalue weighted by Crippen LogP contribution is -2.18. The van der Waals surface area contributed by atoms with E-state index in [0.717, 1.165) is 30.3 Å². The Hall–Kier alpha value is -3.43. The van der Waals surface area contributed by atoms with E-state index >= 15 is 0 Å². The summed E-state index contributed by atoms with van der Waals surface area (Å²) in [6.45, 7) is 1.50. The lowest BCUT2D eigenvalue weighted by Gasteiger charge is -2.13. The maximum absolute atomic E-state index is 12.8. The highest BCUT2D eigenvalue weighted by atomic mass is 19.4. The molecule has 0 aromatic heterocycles. The van der Waals surface area contributed by atoms with Crippen molar-refractivity contribution >= 4 is 23.3 Å². The van der Waals surface area contributed by atoms with Gasteiger partial charge in [0, 0.05) is 17.8 Å². The number of nitrogens with zero attached hydrogens (tertiary/aromatic N) is 1.